The maximum absolute atomic E-state index is 5.70. The van der Waals surface area contributed by atoms with Gasteiger partial charge < -0.3 is 14.8 Å². The third-order valence-electron chi connectivity index (χ3n) is 4.94. The molecule has 1 heterocycles. The van der Waals surface area contributed by atoms with Crippen LogP contribution in [0.4, 0.5) is 0 Å². The molecule has 0 aliphatic carbocycles. The maximum atomic E-state index is 5.70. The van der Waals surface area contributed by atoms with E-state index >= 15 is 0 Å². The van der Waals surface area contributed by atoms with E-state index in [9.17, 15) is 0 Å². The molecule has 3 rings (SSSR count). The molecule has 26 heavy (non-hydrogen) atoms. The highest BCUT2D eigenvalue weighted by molar-refractivity contribution is 5.46. The molecule has 1 saturated heterocycles. The summed E-state index contributed by atoms with van der Waals surface area (Å²) in [6.45, 7) is 8.99. The van der Waals surface area contributed by atoms with Crippen molar-refractivity contribution in [3.63, 3.8) is 0 Å². The summed E-state index contributed by atoms with van der Waals surface area (Å²) in [6.07, 6.45) is 1.16. The Labute approximate surface area is 157 Å². The zero-order chi connectivity index (χ0) is 18.4. The normalized spacial score (nSPS) is 16.7. The van der Waals surface area contributed by atoms with Gasteiger partial charge >= 0.3 is 0 Å². The van der Waals surface area contributed by atoms with Gasteiger partial charge in [0.2, 0.25) is 0 Å². The number of nitrogens with zero attached hydrogens (tertiary/aromatic N) is 1. The van der Waals surface area contributed by atoms with Crippen LogP contribution >= 0.6 is 0 Å². The van der Waals surface area contributed by atoms with Crippen molar-refractivity contribution in [1.29, 1.82) is 0 Å². The van der Waals surface area contributed by atoms with Gasteiger partial charge in [-0.3, -0.25) is 4.90 Å². The van der Waals surface area contributed by atoms with Crippen LogP contribution in [-0.2, 0) is 0 Å². The van der Waals surface area contributed by atoms with Gasteiger partial charge in [-0.05, 0) is 50.1 Å². The molecule has 0 spiro atoms. The van der Waals surface area contributed by atoms with Gasteiger partial charge in [0, 0.05) is 19.6 Å². The fourth-order valence-corrected chi connectivity index (χ4v) is 3.62. The van der Waals surface area contributed by atoms with Crippen LogP contribution in [0, 0.1) is 6.92 Å². The van der Waals surface area contributed by atoms with Crippen LogP contribution in [0.15, 0.2) is 42.5 Å². The maximum Gasteiger partial charge on any atom is 0.161 e. The fourth-order valence-electron chi connectivity index (χ4n) is 3.62. The highest BCUT2D eigenvalue weighted by Crippen LogP contribution is 2.35. The second kappa shape index (κ2) is 9.06. The summed E-state index contributed by atoms with van der Waals surface area (Å²) in [4.78, 5) is 2.57. The molecule has 0 amide bonds. The van der Waals surface area contributed by atoms with Crippen molar-refractivity contribution in [3.05, 3.63) is 59.2 Å². The Morgan fingerprint density at radius 1 is 1.00 bits per heavy atom. The van der Waals surface area contributed by atoms with E-state index in [1.54, 1.807) is 7.11 Å². The van der Waals surface area contributed by atoms with Gasteiger partial charge in [-0.15, -0.1) is 0 Å². The lowest BCUT2D eigenvalue weighted by Gasteiger charge is -2.32. The molecule has 1 unspecified atom stereocenters. The van der Waals surface area contributed by atoms with Crippen LogP contribution in [0.25, 0.3) is 0 Å². The number of benzene rings is 2. The highest BCUT2D eigenvalue weighted by Gasteiger charge is 2.24. The molecule has 0 bridgehead atoms. The third-order valence-corrected chi connectivity index (χ3v) is 4.94. The molecule has 0 saturated carbocycles. The molecule has 1 aliphatic heterocycles. The third kappa shape index (κ3) is 4.37. The summed E-state index contributed by atoms with van der Waals surface area (Å²) in [5, 5.41) is 3.51. The lowest BCUT2D eigenvalue weighted by Crippen LogP contribution is -2.33. The first-order valence-corrected chi connectivity index (χ1v) is 9.55. The quantitative estimate of drug-likeness (QED) is 0.856. The molecular formula is C22H30N2O2. The zero-order valence-corrected chi connectivity index (χ0v) is 16.1. The lowest BCUT2D eigenvalue weighted by atomic mass is 9.95. The fraction of sp³-hybridized carbons (Fsp3) is 0.455. The van der Waals surface area contributed by atoms with E-state index in [-0.39, 0.29) is 6.04 Å². The number of nitrogens with one attached hydrogen (secondary N) is 1. The van der Waals surface area contributed by atoms with Crippen LogP contribution in [0.5, 0.6) is 11.5 Å². The first kappa shape index (κ1) is 18.7. The van der Waals surface area contributed by atoms with E-state index < -0.39 is 0 Å². The van der Waals surface area contributed by atoms with E-state index in [2.05, 4.69) is 53.5 Å². The van der Waals surface area contributed by atoms with Crippen molar-refractivity contribution in [3.8, 4) is 11.5 Å². The van der Waals surface area contributed by atoms with Crippen LogP contribution in [0.3, 0.4) is 0 Å². The largest absolute Gasteiger partial charge is 0.493 e. The highest BCUT2D eigenvalue weighted by atomic mass is 16.5. The molecule has 4 heteroatoms. The van der Waals surface area contributed by atoms with Gasteiger partial charge in [-0.1, -0.05) is 35.9 Å². The molecule has 1 atom stereocenters. The monoisotopic (exact) mass is 354 g/mol. The minimum Gasteiger partial charge on any atom is -0.493 e. The van der Waals surface area contributed by atoms with E-state index in [1.807, 2.05) is 13.0 Å². The molecule has 4 nitrogen and oxygen atoms in total. The molecule has 2 aromatic carbocycles. The van der Waals surface area contributed by atoms with E-state index in [0.29, 0.717) is 6.61 Å². The Hall–Kier alpha value is -2.04. The molecule has 1 fully saturated rings. The Kier molecular flexibility index (Phi) is 6.53. The van der Waals surface area contributed by atoms with Gasteiger partial charge in [0.25, 0.3) is 0 Å². The Bertz CT molecular complexity index is 692. The van der Waals surface area contributed by atoms with Crippen molar-refractivity contribution in [2.45, 2.75) is 26.3 Å². The summed E-state index contributed by atoms with van der Waals surface area (Å²) >= 11 is 0. The van der Waals surface area contributed by atoms with E-state index in [0.717, 1.165) is 44.1 Å². The Balaban J connectivity index is 2.00. The smallest absolute Gasteiger partial charge is 0.161 e. The average molecular weight is 354 g/mol. The van der Waals surface area contributed by atoms with E-state index in [4.69, 9.17) is 9.47 Å². The van der Waals surface area contributed by atoms with Crippen molar-refractivity contribution in [1.82, 2.24) is 10.2 Å². The second-order valence-corrected chi connectivity index (χ2v) is 6.80. The van der Waals surface area contributed by atoms with Crippen LogP contribution in [0.1, 0.15) is 36.1 Å². The topological polar surface area (TPSA) is 33.7 Å². The van der Waals surface area contributed by atoms with Gasteiger partial charge in [-0.2, -0.15) is 0 Å². The van der Waals surface area contributed by atoms with Crippen molar-refractivity contribution in [2.24, 2.45) is 0 Å². The summed E-state index contributed by atoms with van der Waals surface area (Å²) in [6, 6.07) is 15.5. The van der Waals surface area contributed by atoms with Crippen LogP contribution < -0.4 is 14.8 Å². The number of hydrogen-bond acceptors (Lipinski definition) is 4. The minimum atomic E-state index is 0.222. The number of methoxy groups -OCH3 is 1. The first-order chi connectivity index (χ1) is 12.7. The molecule has 0 radical (unpaired) electrons. The average Bonchev–Trinajstić information content (AvgIpc) is 2.94. The predicted molar refractivity (Wildman–Crippen MR) is 106 cm³/mol. The molecule has 2 aromatic rings. The SMILES string of the molecule is CCOc1ccc(C(c2ccc(C)cc2)N2CCCNCC2)cc1OC. The van der Waals surface area contributed by atoms with Crippen LogP contribution in [0.2, 0.25) is 0 Å². The van der Waals surface area contributed by atoms with Gasteiger partial charge in [0.05, 0.1) is 19.8 Å². The summed E-state index contributed by atoms with van der Waals surface area (Å²) in [5.41, 5.74) is 3.86. The Morgan fingerprint density at radius 3 is 2.50 bits per heavy atom. The first-order valence-electron chi connectivity index (χ1n) is 9.55. The Morgan fingerprint density at radius 2 is 1.77 bits per heavy atom. The standard InChI is InChI=1S/C22H30N2O2/c1-4-26-20-11-10-19(16-21(20)25-3)22(18-8-6-17(2)7-9-18)24-14-5-12-23-13-15-24/h6-11,16,22-23H,4-5,12-15H2,1-3H3. The van der Waals surface area contributed by atoms with Gasteiger partial charge in [-0.25, -0.2) is 0 Å². The molecule has 1 aliphatic rings. The molecule has 1 N–H and O–H groups in total. The van der Waals surface area contributed by atoms with E-state index in [1.165, 1.54) is 16.7 Å². The lowest BCUT2D eigenvalue weighted by molar-refractivity contribution is 0.240. The molecular weight excluding hydrogens is 324 g/mol. The second-order valence-electron chi connectivity index (χ2n) is 6.80. The zero-order valence-electron chi connectivity index (χ0n) is 16.1. The number of aryl methyl sites for hydroxylation is 1. The van der Waals surface area contributed by atoms with Crippen molar-refractivity contribution < 1.29 is 9.47 Å². The van der Waals surface area contributed by atoms with Crippen molar-refractivity contribution in [2.75, 3.05) is 39.9 Å². The van der Waals surface area contributed by atoms with Gasteiger partial charge in [0.1, 0.15) is 0 Å². The summed E-state index contributed by atoms with van der Waals surface area (Å²) in [5.74, 6) is 1.60. The molecule has 140 valence electrons. The number of hydrogen-bond donors (Lipinski definition) is 1. The number of ether oxygens (including phenoxy) is 2. The predicted octanol–water partition coefficient (Wildman–Crippen LogP) is 3.79. The minimum absolute atomic E-state index is 0.222. The molecule has 0 aromatic heterocycles. The van der Waals surface area contributed by atoms with Gasteiger partial charge in [0.15, 0.2) is 11.5 Å². The summed E-state index contributed by atoms with van der Waals surface area (Å²) < 4.78 is 11.3. The summed E-state index contributed by atoms with van der Waals surface area (Å²) in [7, 11) is 1.71. The number of rotatable bonds is 6. The van der Waals surface area contributed by atoms with Crippen molar-refractivity contribution >= 4 is 0 Å². The van der Waals surface area contributed by atoms with Crippen LogP contribution in [-0.4, -0.2) is 44.8 Å².